The van der Waals surface area contributed by atoms with Crippen LogP contribution in [-0.2, 0) is 9.59 Å². The van der Waals surface area contributed by atoms with Gasteiger partial charge in [0.1, 0.15) is 5.78 Å². The Hall–Kier alpha value is -1.39. The minimum Gasteiger partial charge on any atom is -0.481 e. The van der Waals surface area contributed by atoms with Crippen LogP contribution in [0.5, 0.6) is 0 Å². The van der Waals surface area contributed by atoms with Gasteiger partial charge in [0.15, 0.2) is 5.78 Å². The van der Waals surface area contributed by atoms with E-state index < -0.39 is 17.8 Å². The highest BCUT2D eigenvalue weighted by atomic mass is 35.5. The van der Waals surface area contributed by atoms with Crippen molar-refractivity contribution in [3.05, 3.63) is 33.8 Å². The van der Waals surface area contributed by atoms with E-state index in [0.717, 1.165) is 0 Å². The third-order valence-corrected chi connectivity index (χ3v) is 4.27. The number of halogens is 2. The summed E-state index contributed by atoms with van der Waals surface area (Å²) in [5.41, 5.74) is 0.260. The van der Waals surface area contributed by atoms with Gasteiger partial charge in [0.25, 0.3) is 0 Å². The van der Waals surface area contributed by atoms with Gasteiger partial charge in [0.2, 0.25) is 0 Å². The van der Waals surface area contributed by atoms with E-state index in [4.69, 9.17) is 28.3 Å². The van der Waals surface area contributed by atoms with Crippen molar-refractivity contribution in [1.29, 1.82) is 0 Å². The summed E-state index contributed by atoms with van der Waals surface area (Å²) in [7, 11) is 0. The molecule has 1 N–H and O–H groups in total. The van der Waals surface area contributed by atoms with Crippen LogP contribution in [0.3, 0.4) is 0 Å². The quantitative estimate of drug-likeness (QED) is 0.676. The second kappa shape index (κ2) is 6.58. The van der Waals surface area contributed by atoms with Gasteiger partial charge in [-0.05, 0) is 31.0 Å². The number of ketones is 2. The molecule has 6 heteroatoms. The van der Waals surface area contributed by atoms with Crippen LogP contribution >= 0.6 is 23.2 Å². The zero-order valence-corrected chi connectivity index (χ0v) is 12.7. The van der Waals surface area contributed by atoms with E-state index in [-0.39, 0.29) is 28.6 Å². The van der Waals surface area contributed by atoms with Gasteiger partial charge in [-0.2, -0.15) is 0 Å². The van der Waals surface area contributed by atoms with Crippen molar-refractivity contribution in [1.82, 2.24) is 0 Å². The van der Waals surface area contributed by atoms with Crippen molar-refractivity contribution >= 4 is 40.7 Å². The predicted octanol–water partition coefficient (Wildman–Crippen LogP) is 3.64. The summed E-state index contributed by atoms with van der Waals surface area (Å²) in [5.74, 6) is -3.06. The zero-order chi connectivity index (χ0) is 15.6. The van der Waals surface area contributed by atoms with E-state index in [0.29, 0.717) is 24.3 Å². The number of Topliss-reactive ketones (excluding diaryl/α,β-unsaturated/α-hetero) is 2. The van der Waals surface area contributed by atoms with E-state index in [1.54, 1.807) is 6.07 Å². The fourth-order valence-corrected chi connectivity index (χ4v) is 3.19. The molecule has 0 heterocycles. The molecule has 1 aromatic carbocycles. The molecule has 0 aliphatic heterocycles. The average Bonchev–Trinajstić information content (AvgIpc) is 2.40. The Bertz CT molecular complexity index is 597. The van der Waals surface area contributed by atoms with Crippen LogP contribution in [0.4, 0.5) is 0 Å². The lowest BCUT2D eigenvalue weighted by atomic mass is 9.75. The molecule has 2 unspecified atom stereocenters. The number of carboxylic acid groups (broad SMARTS) is 1. The highest BCUT2D eigenvalue weighted by Crippen LogP contribution is 2.32. The number of carboxylic acids is 1. The maximum absolute atomic E-state index is 12.5. The van der Waals surface area contributed by atoms with Crippen LogP contribution in [0.25, 0.3) is 0 Å². The predicted molar refractivity (Wildman–Crippen MR) is 78.9 cm³/mol. The summed E-state index contributed by atoms with van der Waals surface area (Å²) in [6.07, 6.45) is 1.39. The third kappa shape index (κ3) is 3.63. The Morgan fingerprint density at radius 2 is 1.95 bits per heavy atom. The molecule has 4 nitrogen and oxygen atoms in total. The maximum Gasteiger partial charge on any atom is 0.304 e. The van der Waals surface area contributed by atoms with Gasteiger partial charge < -0.3 is 5.11 Å². The van der Waals surface area contributed by atoms with Crippen LogP contribution in [0.15, 0.2) is 18.2 Å². The van der Waals surface area contributed by atoms with Crippen molar-refractivity contribution < 1.29 is 19.5 Å². The molecule has 1 aliphatic rings. The molecule has 1 saturated carbocycles. The van der Waals surface area contributed by atoms with Gasteiger partial charge >= 0.3 is 5.97 Å². The largest absolute Gasteiger partial charge is 0.481 e. The van der Waals surface area contributed by atoms with Gasteiger partial charge in [0, 0.05) is 16.5 Å². The lowest BCUT2D eigenvalue weighted by Gasteiger charge is -2.26. The lowest BCUT2D eigenvalue weighted by molar-refractivity contribution is -0.142. The summed E-state index contributed by atoms with van der Waals surface area (Å²) in [5, 5.41) is 9.45. The molecule has 112 valence electrons. The summed E-state index contributed by atoms with van der Waals surface area (Å²) in [4.78, 5) is 35.6. The van der Waals surface area contributed by atoms with Crippen molar-refractivity contribution in [2.45, 2.75) is 25.7 Å². The van der Waals surface area contributed by atoms with Crippen molar-refractivity contribution in [3.63, 3.8) is 0 Å². The third-order valence-electron chi connectivity index (χ3n) is 3.73. The van der Waals surface area contributed by atoms with E-state index in [1.165, 1.54) is 12.1 Å². The van der Waals surface area contributed by atoms with E-state index in [1.807, 2.05) is 0 Å². The Morgan fingerprint density at radius 3 is 2.57 bits per heavy atom. The van der Waals surface area contributed by atoms with Gasteiger partial charge in [-0.15, -0.1) is 0 Å². The van der Waals surface area contributed by atoms with Crippen molar-refractivity contribution in [2.24, 2.45) is 11.8 Å². The number of rotatable bonds is 4. The van der Waals surface area contributed by atoms with E-state index in [9.17, 15) is 14.4 Å². The van der Waals surface area contributed by atoms with Gasteiger partial charge in [-0.3, -0.25) is 14.4 Å². The minimum atomic E-state index is -1.02. The Morgan fingerprint density at radius 1 is 1.24 bits per heavy atom. The molecule has 1 aromatic rings. The van der Waals surface area contributed by atoms with E-state index >= 15 is 0 Å². The van der Waals surface area contributed by atoms with Crippen molar-refractivity contribution in [2.75, 3.05) is 0 Å². The summed E-state index contributed by atoms with van der Waals surface area (Å²) < 4.78 is 0. The molecule has 0 radical (unpaired) electrons. The zero-order valence-electron chi connectivity index (χ0n) is 11.1. The highest BCUT2D eigenvalue weighted by molar-refractivity contribution is 6.37. The highest BCUT2D eigenvalue weighted by Gasteiger charge is 2.37. The molecule has 1 aliphatic carbocycles. The monoisotopic (exact) mass is 328 g/mol. The van der Waals surface area contributed by atoms with Gasteiger partial charge in [-0.1, -0.05) is 29.6 Å². The van der Waals surface area contributed by atoms with Crippen LogP contribution in [0, 0.1) is 11.8 Å². The second-order valence-corrected chi connectivity index (χ2v) is 6.01. The number of carbonyl (C=O) groups is 3. The van der Waals surface area contributed by atoms with Crippen LogP contribution < -0.4 is 0 Å². The first-order chi connectivity index (χ1) is 9.90. The smallest absolute Gasteiger partial charge is 0.304 e. The minimum absolute atomic E-state index is 0.209. The number of benzene rings is 1. The lowest BCUT2D eigenvalue weighted by Crippen LogP contribution is -2.35. The molecule has 0 amide bonds. The molecule has 0 bridgehead atoms. The summed E-state index contributed by atoms with van der Waals surface area (Å²) >= 11 is 11.8. The first-order valence-electron chi connectivity index (χ1n) is 6.65. The number of hydrogen-bond donors (Lipinski definition) is 1. The topological polar surface area (TPSA) is 71.4 Å². The van der Waals surface area contributed by atoms with Gasteiger partial charge in [0.05, 0.1) is 17.4 Å². The van der Waals surface area contributed by atoms with Crippen LogP contribution in [0.1, 0.15) is 36.0 Å². The molecule has 0 spiro atoms. The number of aliphatic carboxylic acids is 1. The maximum atomic E-state index is 12.5. The van der Waals surface area contributed by atoms with E-state index in [2.05, 4.69) is 0 Å². The number of carbonyl (C=O) groups excluding carboxylic acids is 2. The van der Waals surface area contributed by atoms with Crippen molar-refractivity contribution in [3.8, 4) is 0 Å². The Kier molecular flexibility index (Phi) is 5.01. The molecule has 1 fully saturated rings. The summed E-state index contributed by atoms with van der Waals surface area (Å²) in [6, 6.07) is 4.50. The molecule has 0 saturated heterocycles. The fourth-order valence-electron chi connectivity index (χ4n) is 2.69. The molecule has 21 heavy (non-hydrogen) atoms. The van der Waals surface area contributed by atoms with Gasteiger partial charge in [-0.25, -0.2) is 0 Å². The normalized spacial score (nSPS) is 22.1. The molecule has 2 atom stereocenters. The second-order valence-electron chi connectivity index (χ2n) is 5.17. The molecule has 2 rings (SSSR count). The summed E-state index contributed by atoms with van der Waals surface area (Å²) in [6.45, 7) is 0. The average molecular weight is 329 g/mol. The number of hydrogen-bond acceptors (Lipinski definition) is 3. The molecule has 0 aromatic heterocycles. The van der Waals surface area contributed by atoms with Crippen LogP contribution in [-0.4, -0.2) is 22.6 Å². The molecular formula is C15H14Cl2O4. The molecular weight excluding hydrogens is 315 g/mol. The Labute approximate surface area is 132 Å². The Balaban J connectivity index is 2.21. The standard InChI is InChI=1S/C15H14Cl2O4/c16-9-4-5-10(12(17)7-9)15(21)11-3-1-2-8(14(11)20)6-13(18)19/h4-5,7-8,11H,1-3,6H2,(H,18,19). The SMILES string of the molecule is O=C(O)CC1CCCC(C(=O)c2ccc(Cl)cc2Cl)C1=O. The first kappa shape index (κ1) is 16.0. The first-order valence-corrected chi connectivity index (χ1v) is 7.40. The fraction of sp³-hybridized carbons (Fsp3) is 0.400. The van der Waals surface area contributed by atoms with Crippen LogP contribution in [0.2, 0.25) is 10.0 Å².